The molecule has 0 aromatic carbocycles. The van der Waals surface area contributed by atoms with Gasteiger partial charge >= 0.3 is 0 Å². The number of nitrogens with one attached hydrogen (secondary N) is 2. The standard InChI is InChI=1S/C11H19N3O2/c1-14-7-8(4-5-10(14)15)13-11(16)9-3-2-6-12-9/h8-9,12H,2-7H2,1H3,(H,13,16)/t8?,9-/m1/s1. The Bertz CT molecular complexity index is 287. The predicted octanol–water partition coefficient (Wildman–Crippen LogP) is -0.525. The van der Waals surface area contributed by atoms with E-state index >= 15 is 0 Å². The molecule has 0 aromatic heterocycles. The highest BCUT2D eigenvalue weighted by Crippen LogP contribution is 2.11. The van der Waals surface area contributed by atoms with E-state index in [9.17, 15) is 9.59 Å². The van der Waals surface area contributed by atoms with E-state index in [1.807, 2.05) is 0 Å². The second-order valence-corrected chi connectivity index (χ2v) is 4.67. The van der Waals surface area contributed by atoms with Gasteiger partial charge in [-0.15, -0.1) is 0 Å². The lowest BCUT2D eigenvalue weighted by Gasteiger charge is -2.30. The molecule has 2 aliphatic rings. The average molecular weight is 225 g/mol. The molecule has 0 spiro atoms. The van der Waals surface area contributed by atoms with Crippen LogP contribution in [0.1, 0.15) is 25.7 Å². The molecule has 5 nitrogen and oxygen atoms in total. The van der Waals surface area contributed by atoms with Gasteiger partial charge in [-0.3, -0.25) is 9.59 Å². The van der Waals surface area contributed by atoms with Crippen LogP contribution in [0.5, 0.6) is 0 Å². The van der Waals surface area contributed by atoms with Crippen LogP contribution in [0.4, 0.5) is 0 Å². The number of piperidine rings is 1. The molecule has 0 aliphatic carbocycles. The fraction of sp³-hybridized carbons (Fsp3) is 0.818. The van der Waals surface area contributed by atoms with Gasteiger partial charge in [-0.1, -0.05) is 0 Å². The van der Waals surface area contributed by atoms with Gasteiger partial charge in [0.2, 0.25) is 11.8 Å². The molecule has 16 heavy (non-hydrogen) atoms. The summed E-state index contributed by atoms with van der Waals surface area (Å²) < 4.78 is 0. The summed E-state index contributed by atoms with van der Waals surface area (Å²) in [5.74, 6) is 0.259. The lowest BCUT2D eigenvalue weighted by atomic mass is 10.0. The first-order valence-electron chi connectivity index (χ1n) is 5.94. The minimum Gasteiger partial charge on any atom is -0.350 e. The number of likely N-dealkylation sites (N-methyl/N-ethyl adjacent to an activating group) is 1. The molecule has 2 rings (SSSR count). The van der Waals surface area contributed by atoms with Crippen molar-refractivity contribution in [3.8, 4) is 0 Å². The Balaban J connectivity index is 1.80. The molecule has 1 unspecified atom stereocenters. The molecule has 2 N–H and O–H groups in total. The fourth-order valence-corrected chi connectivity index (χ4v) is 2.34. The van der Waals surface area contributed by atoms with Crippen molar-refractivity contribution in [2.75, 3.05) is 20.1 Å². The number of hydrogen-bond donors (Lipinski definition) is 2. The molecule has 0 bridgehead atoms. The Kier molecular flexibility index (Phi) is 3.43. The first kappa shape index (κ1) is 11.4. The summed E-state index contributed by atoms with van der Waals surface area (Å²) in [6.45, 7) is 1.57. The lowest BCUT2D eigenvalue weighted by molar-refractivity contribution is -0.134. The summed E-state index contributed by atoms with van der Waals surface area (Å²) in [5.41, 5.74) is 0. The van der Waals surface area contributed by atoms with Crippen LogP contribution in [0.25, 0.3) is 0 Å². The van der Waals surface area contributed by atoms with Crippen LogP contribution in [-0.2, 0) is 9.59 Å². The molecular weight excluding hydrogens is 206 g/mol. The third kappa shape index (κ3) is 2.52. The van der Waals surface area contributed by atoms with Gasteiger partial charge in [0.25, 0.3) is 0 Å². The Morgan fingerprint density at radius 3 is 2.94 bits per heavy atom. The van der Waals surface area contributed by atoms with E-state index in [1.54, 1.807) is 11.9 Å². The van der Waals surface area contributed by atoms with Crippen molar-refractivity contribution >= 4 is 11.8 Å². The highest BCUT2D eigenvalue weighted by molar-refractivity contribution is 5.83. The quantitative estimate of drug-likeness (QED) is 0.664. The fourth-order valence-electron chi connectivity index (χ4n) is 2.34. The molecule has 2 fully saturated rings. The number of nitrogens with zero attached hydrogens (tertiary/aromatic N) is 1. The first-order valence-corrected chi connectivity index (χ1v) is 5.94. The maximum atomic E-state index is 11.8. The Labute approximate surface area is 95.6 Å². The number of carbonyl (C=O) groups excluding carboxylic acids is 2. The Hall–Kier alpha value is -1.10. The predicted molar refractivity (Wildman–Crippen MR) is 59.8 cm³/mol. The maximum absolute atomic E-state index is 11.8. The normalized spacial score (nSPS) is 30.6. The molecule has 0 aromatic rings. The summed E-state index contributed by atoms with van der Waals surface area (Å²) in [5, 5.41) is 6.19. The zero-order valence-corrected chi connectivity index (χ0v) is 9.66. The molecule has 5 heteroatoms. The maximum Gasteiger partial charge on any atom is 0.237 e. The van der Waals surface area contributed by atoms with Crippen molar-refractivity contribution in [3.05, 3.63) is 0 Å². The number of rotatable bonds is 2. The molecule has 2 saturated heterocycles. The second-order valence-electron chi connectivity index (χ2n) is 4.67. The van der Waals surface area contributed by atoms with Crippen molar-refractivity contribution in [2.24, 2.45) is 0 Å². The van der Waals surface area contributed by atoms with Gasteiger partial charge in [0.05, 0.1) is 6.04 Å². The molecular formula is C11H19N3O2. The molecule has 2 aliphatic heterocycles. The SMILES string of the molecule is CN1CC(NC(=O)[C@H]2CCCN2)CCC1=O. The van der Waals surface area contributed by atoms with Crippen molar-refractivity contribution in [1.82, 2.24) is 15.5 Å². The topological polar surface area (TPSA) is 61.4 Å². The van der Waals surface area contributed by atoms with E-state index in [0.717, 1.165) is 25.8 Å². The number of carbonyl (C=O) groups is 2. The minimum absolute atomic E-state index is 0.0251. The van der Waals surface area contributed by atoms with Crippen LogP contribution < -0.4 is 10.6 Å². The van der Waals surface area contributed by atoms with E-state index in [-0.39, 0.29) is 23.9 Å². The van der Waals surface area contributed by atoms with Crippen LogP contribution in [-0.4, -0.2) is 48.9 Å². The Morgan fingerprint density at radius 1 is 1.50 bits per heavy atom. The summed E-state index contributed by atoms with van der Waals surface area (Å²) in [6.07, 6.45) is 3.30. The zero-order valence-electron chi connectivity index (χ0n) is 9.66. The van der Waals surface area contributed by atoms with Crippen molar-refractivity contribution in [1.29, 1.82) is 0 Å². The molecule has 2 atom stereocenters. The third-order valence-corrected chi connectivity index (χ3v) is 3.35. The summed E-state index contributed by atoms with van der Waals surface area (Å²) in [7, 11) is 1.79. The third-order valence-electron chi connectivity index (χ3n) is 3.35. The molecule has 0 radical (unpaired) electrons. The van der Waals surface area contributed by atoms with Crippen LogP contribution in [0.15, 0.2) is 0 Å². The first-order chi connectivity index (χ1) is 7.66. The highest BCUT2D eigenvalue weighted by Gasteiger charge is 2.27. The van der Waals surface area contributed by atoms with E-state index in [0.29, 0.717) is 13.0 Å². The molecule has 0 saturated carbocycles. The van der Waals surface area contributed by atoms with Gasteiger partial charge < -0.3 is 15.5 Å². The van der Waals surface area contributed by atoms with Gasteiger partial charge in [-0.2, -0.15) is 0 Å². The zero-order chi connectivity index (χ0) is 11.5. The van der Waals surface area contributed by atoms with E-state index < -0.39 is 0 Å². The summed E-state index contributed by atoms with van der Waals surface area (Å²) >= 11 is 0. The smallest absolute Gasteiger partial charge is 0.237 e. The number of amides is 2. The van der Waals surface area contributed by atoms with Gasteiger partial charge in [-0.05, 0) is 25.8 Å². The summed E-state index contributed by atoms with van der Waals surface area (Å²) in [4.78, 5) is 24.8. The molecule has 2 heterocycles. The van der Waals surface area contributed by atoms with E-state index in [4.69, 9.17) is 0 Å². The average Bonchev–Trinajstić information content (AvgIpc) is 2.77. The van der Waals surface area contributed by atoms with Crippen LogP contribution in [0.3, 0.4) is 0 Å². The van der Waals surface area contributed by atoms with Crippen molar-refractivity contribution < 1.29 is 9.59 Å². The van der Waals surface area contributed by atoms with Crippen LogP contribution in [0, 0.1) is 0 Å². The van der Waals surface area contributed by atoms with Crippen molar-refractivity contribution in [2.45, 2.75) is 37.8 Å². The van der Waals surface area contributed by atoms with Gasteiger partial charge in [-0.25, -0.2) is 0 Å². The van der Waals surface area contributed by atoms with Crippen LogP contribution in [0.2, 0.25) is 0 Å². The monoisotopic (exact) mass is 225 g/mol. The van der Waals surface area contributed by atoms with Gasteiger partial charge in [0.15, 0.2) is 0 Å². The van der Waals surface area contributed by atoms with E-state index in [1.165, 1.54) is 0 Å². The summed E-state index contributed by atoms with van der Waals surface area (Å²) in [6, 6.07) is 0.0977. The lowest BCUT2D eigenvalue weighted by Crippen LogP contribution is -2.52. The van der Waals surface area contributed by atoms with Gasteiger partial charge in [0, 0.05) is 26.1 Å². The minimum atomic E-state index is -0.0251. The molecule has 90 valence electrons. The largest absolute Gasteiger partial charge is 0.350 e. The highest BCUT2D eigenvalue weighted by atomic mass is 16.2. The van der Waals surface area contributed by atoms with Gasteiger partial charge in [0.1, 0.15) is 0 Å². The molecule has 2 amide bonds. The Morgan fingerprint density at radius 2 is 2.31 bits per heavy atom. The van der Waals surface area contributed by atoms with Crippen LogP contribution >= 0.6 is 0 Å². The van der Waals surface area contributed by atoms with Crippen molar-refractivity contribution in [3.63, 3.8) is 0 Å². The van der Waals surface area contributed by atoms with E-state index in [2.05, 4.69) is 10.6 Å². The second kappa shape index (κ2) is 4.82. The number of hydrogen-bond acceptors (Lipinski definition) is 3. The number of likely N-dealkylation sites (tertiary alicyclic amines) is 1.